The monoisotopic (exact) mass is 263 g/mol. The standard InChI is InChI=1S/C11H15ClFNOS/c1-11(2,3)16(15)14-7-8-5-4-6-9(12)10(8)13/h4-6,14H,7H2,1-3H3. The van der Waals surface area contributed by atoms with Crippen molar-refractivity contribution < 1.29 is 8.94 Å². The first-order chi connectivity index (χ1) is 7.32. The molecule has 0 radical (unpaired) electrons. The zero-order valence-electron chi connectivity index (χ0n) is 9.51. The van der Waals surface area contributed by atoms with Gasteiger partial charge in [0.25, 0.3) is 0 Å². The molecule has 0 aliphatic carbocycles. The van der Waals surface area contributed by atoms with E-state index in [2.05, 4.69) is 4.72 Å². The van der Waals surface area contributed by atoms with Crippen LogP contribution in [0.4, 0.5) is 4.39 Å². The molecule has 0 bridgehead atoms. The third kappa shape index (κ3) is 3.63. The normalized spacial score (nSPS) is 13.9. The summed E-state index contributed by atoms with van der Waals surface area (Å²) in [4.78, 5) is 0. The van der Waals surface area contributed by atoms with Gasteiger partial charge in [-0.2, -0.15) is 0 Å². The summed E-state index contributed by atoms with van der Waals surface area (Å²) in [5.74, 6) is -0.456. The van der Waals surface area contributed by atoms with Gasteiger partial charge in [0, 0.05) is 16.9 Å². The van der Waals surface area contributed by atoms with Gasteiger partial charge in [0.1, 0.15) is 10.6 Å². The molecule has 0 spiro atoms. The average Bonchev–Trinajstić information content (AvgIpc) is 2.18. The highest BCUT2D eigenvalue weighted by molar-refractivity contribution is 7.90. The minimum atomic E-state index is -1.21. The molecule has 0 amide bonds. The Kier molecular flexibility index (Phi) is 4.62. The Hall–Kier alpha value is -0.290. The van der Waals surface area contributed by atoms with Crippen LogP contribution in [0.5, 0.6) is 0 Å². The molecule has 1 N–H and O–H groups in total. The Balaban J connectivity index is 2.65. The largest absolute Gasteiger partial charge is 0.598 e. The summed E-state index contributed by atoms with van der Waals surface area (Å²) in [6, 6.07) is 4.78. The maximum absolute atomic E-state index is 13.5. The number of hydrogen-bond acceptors (Lipinski definition) is 2. The number of hydrogen-bond donors (Lipinski definition) is 1. The zero-order chi connectivity index (χ0) is 12.3. The van der Waals surface area contributed by atoms with E-state index in [1.165, 1.54) is 6.07 Å². The van der Waals surface area contributed by atoms with Crippen molar-refractivity contribution in [2.24, 2.45) is 0 Å². The summed E-state index contributed by atoms with van der Waals surface area (Å²) in [7, 11) is 0. The molecule has 1 atom stereocenters. The molecule has 0 fully saturated rings. The molecular weight excluding hydrogens is 249 g/mol. The summed E-state index contributed by atoms with van der Waals surface area (Å²) in [6.45, 7) is 5.76. The maximum atomic E-state index is 13.5. The lowest BCUT2D eigenvalue weighted by Crippen LogP contribution is -2.39. The second kappa shape index (κ2) is 5.36. The van der Waals surface area contributed by atoms with Crippen LogP contribution < -0.4 is 4.72 Å². The number of rotatable bonds is 3. The van der Waals surface area contributed by atoms with E-state index in [-0.39, 0.29) is 16.3 Å². The molecule has 0 aliphatic heterocycles. The van der Waals surface area contributed by atoms with E-state index < -0.39 is 17.2 Å². The van der Waals surface area contributed by atoms with Crippen LogP contribution in [0, 0.1) is 5.82 Å². The van der Waals surface area contributed by atoms with Crippen LogP contribution in [-0.4, -0.2) is 9.30 Å². The van der Waals surface area contributed by atoms with Crippen molar-refractivity contribution in [3.63, 3.8) is 0 Å². The molecule has 0 heterocycles. The van der Waals surface area contributed by atoms with Gasteiger partial charge in [0.15, 0.2) is 0 Å². The predicted molar refractivity (Wildman–Crippen MR) is 66.1 cm³/mol. The van der Waals surface area contributed by atoms with E-state index in [1.54, 1.807) is 12.1 Å². The molecule has 5 heteroatoms. The van der Waals surface area contributed by atoms with Gasteiger partial charge in [-0.15, -0.1) is 4.72 Å². The van der Waals surface area contributed by atoms with Gasteiger partial charge in [-0.1, -0.05) is 23.7 Å². The van der Waals surface area contributed by atoms with Gasteiger partial charge >= 0.3 is 0 Å². The van der Waals surface area contributed by atoms with Crippen molar-refractivity contribution in [1.29, 1.82) is 0 Å². The van der Waals surface area contributed by atoms with Crippen molar-refractivity contribution in [3.05, 3.63) is 34.6 Å². The highest BCUT2D eigenvalue weighted by atomic mass is 35.5. The first-order valence-electron chi connectivity index (χ1n) is 4.90. The third-order valence-electron chi connectivity index (χ3n) is 1.98. The van der Waals surface area contributed by atoms with E-state index in [0.29, 0.717) is 5.56 Å². The second-order valence-corrected chi connectivity index (χ2v) is 6.87. The van der Waals surface area contributed by atoms with Crippen molar-refractivity contribution in [2.45, 2.75) is 32.1 Å². The number of benzene rings is 1. The van der Waals surface area contributed by atoms with Gasteiger partial charge in [-0.05, 0) is 26.8 Å². The molecule has 16 heavy (non-hydrogen) atoms. The minimum absolute atomic E-state index is 0.0841. The lowest BCUT2D eigenvalue weighted by molar-refractivity contribution is 0.540. The summed E-state index contributed by atoms with van der Waals surface area (Å²) < 4.78 is 27.6. The Morgan fingerprint density at radius 2 is 2.06 bits per heavy atom. The fraction of sp³-hybridized carbons (Fsp3) is 0.455. The minimum Gasteiger partial charge on any atom is -0.598 e. The van der Waals surface area contributed by atoms with Gasteiger partial charge in [-0.25, -0.2) is 4.39 Å². The second-order valence-electron chi connectivity index (χ2n) is 4.42. The van der Waals surface area contributed by atoms with Gasteiger partial charge in [0.05, 0.1) is 11.6 Å². The van der Waals surface area contributed by atoms with Crippen LogP contribution in [0.3, 0.4) is 0 Å². The smallest absolute Gasteiger partial charge is 0.146 e. The maximum Gasteiger partial charge on any atom is 0.146 e. The van der Waals surface area contributed by atoms with Crippen LogP contribution in [0.25, 0.3) is 0 Å². The molecule has 1 rings (SSSR count). The quantitative estimate of drug-likeness (QED) is 0.851. The summed E-state index contributed by atoms with van der Waals surface area (Å²) in [6.07, 6.45) is 0. The zero-order valence-corrected chi connectivity index (χ0v) is 11.1. The SMILES string of the molecule is CC(C)(C)[S+]([O-])NCc1cccc(Cl)c1F. The Morgan fingerprint density at radius 3 is 2.62 bits per heavy atom. The molecule has 90 valence electrons. The molecule has 1 unspecified atom stereocenters. The number of halogens is 2. The molecule has 1 aromatic rings. The molecule has 0 saturated heterocycles. The topological polar surface area (TPSA) is 35.1 Å². The van der Waals surface area contributed by atoms with Crippen molar-refractivity contribution in [3.8, 4) is 0 Å². The Bertz CT molecular complexity index is 367. The van der Waals surface area contributed by atoms with Crippen molar-refractivity contribution in [1.82, 2.24) is 4.72 Å². The molecule has 2 nitrogen and oxygen atoms in total. The fourth-order valence-electron chi connectivity index (χ4n) is 1.04. The summed E-state index contributed by atoms with van der Waals surface area (Å²) in [5.41, 5.74) is 0.421. The average molecular weight is 264 g/mol. The van der Waals surface area contributed by atoms with Crippen molar-refractivity contribution in [2.75, 3.05) is 0 Å². The third-order valence-corrected chi connectivity index (χ3v) is 3.79. The molecule has 0 aromatic heterocycles. The Labute approximate surface area is 104 Å². The van der Waals surface area contributed by atoms with Gasteiger partial charge in [0.2, 0.25) is 0 Å². The van der Waals surface area contributed by atoms with Gasteiger partial charge in [-0.3, -0.25) is 0 Å². The van der Waals surface area contributed by atoms with Gasteiger partial charge < -0.3 is 4.55 Å². The number of nitrogens with one attached hydrogen (secondary N) is 1. The summed E-state index contributed by atoms with van der Waals surface area (Å²) >= 11 is 4.43. The van der Waals surface area contributed by atoms with E-state index >= 15 is 0 Å². The fourth-order valence-corrected chi connectivity index (χ4v) is 1.96. The molecule has 0 aliphatic rings. The highest BCUT2D eigenvalue weighted by Crippen LogP contribution is 2.19. The van der Waals surface area contributed by atoms with E-state index in [4.69, 9.17) is 11.6 Å². The lowest BCUT2D eigenvalue weighted by atomic mass is 10.2. The predicted octanol–water partition coefficient (Wildman–Crippen LogP) is 3.03. The highest BCUT2D eigenvalue weighted by Gasteiger charge is 2.26. The Morgan fingerprint density at radius 1 is 1.44 bits per heavy atom. The lowest BCUT2D eigenvalue weighted by Gasteiger charge is -2.23. The van der Waals surface area contributed by atoms with Crippen LogP contribution in [0.1, 0.15) is 26.3 Å². The van der Waals surface area contributed by atoms with E-state index in [9.17, 15) is 8.94 Å². The van der Waals surface area contributed by atoms with E-state index in [1.807, 2.05) is 20.8 Å². The van der Waals surface area contributed by atoms with Crippen LogP contribution in [0.2, 0.25) is 5.02 Å². The van der Waals surface area contributed by atoms with Crippen molar-refractivity contribution >= 4 is 23.0 Å². The van der Waals surface area contributed by atoms with Crippen LogP contribution in [-0.2, 0) is 17.9 Å². The molecule has 0 saturated carbocycles. The first kappa shape index (κ1) is 13.8. The van der Waals surface area contributed by atoms with Crippen LogP contribution >= 0.6 is 11.6 Å². The van der Waals surface area contributed by atoms with E-state index in [0.717, 1.165) is 0 Å². The first-order valence-corrected chi connectivity index (χ1v) is 6.43. The molecule has 1 aromatic carbocycles. The summed E-state index contributed by atoms with van der Waals surface area (Å²) in [5, 5.41) is 0.0841. The van der Waals surface area contributed by atoms with Crippen LogP contribution in [0.15, 0.2) is 18.2 Å². The molecular formula is C11H15ClFNOS.